The van der Waals surface area contributed by atoms with Crippen molar-refractivity contribution in [2.24, 2.45) is 0 Å². The van der Waals surface area contributed by atoms with Crippen molar-refractivity contribution in [2.75, 3.05) is 40.3 Å². The van der Waals surface area contributed by atoms with Crippen LogP contribution in [0, 0.1) is 0 Å². The van der Waals surface area contributed by atoms with Gasteiger partial charge in [0.25, 0.3) is 11.8 Å². The summed E-state index contributed by atoms with van der Waals surface area (Å²) in [5, 5.41) is 5.21. The first-order valence-corrected chi connectivity index (χ1v) is 14.6. The van der Waals surface area contributed by atoms with Crippen LogP contribution in [-0.2, 0) is 14.4 Å². The normalized spacial score (nSPS) is 15.7. The fourth-order valence-corrected chi connectivity index (χ4v) is 5.40. The van der Waals surface area contributed by atoms with Gasteiger partial charge in [-0.1, -0.05) is 24.3 Å². The average Bonchev–Trinajstić information content (AvgIpc) is 3.32. The molecule has 0 saturated carbocycles. The number of ether oxygens (including phenoxy) is 5. The van der Waals surface area contributed by atoms with Gasteiger partial charge in [-0.25, -0.2) is 0 Å². The highest BCUT2D eigenvalue weighted by atomic mass is 16.6. The summed E-state index contributed by atoms with van der Waals surface area (Å²) < 4.78 is 27.2. The number of piperidine rings is 1. The van der Waals surface area contributed by atoms with Crippen LogP contribution in [0.15, 0.2) is 48.5 Å². The summed E-state index contributed by atoms with van der Waals surface area (Å²) in [6.45, 7) is 0.0816. The maximum atomic E-state index is 13.3. The highest BCUT2D eigenvalue weighted by molar-refractivity contribution is 6.25. The number of imide groups is 2. The van der Waals surface area contributed by atoms with Crippen molar-refractivity contribution >= 4 is 47.4 Å². The Morgan fingerprint density at radius 3 is 2.19 bits per heavy atom. The largest absolute Gasteiger partial charge is 0.493 e. The molecule has 2 heterocycles. The van der Waals surface area contributed by atoms with Gasteiger partial charge in [-0.2, -0.15) is 0 Å². The molecule has 4 amide bonds. The van der Waals surface area contributed by atoms with Crippen molar-refractivity contribution in [2.45, 2.75) is 25.3 Å². The Balaban J connectivity index is 1.24. The van der Waals surface area contributed by atoms with Gasteiger partial charge in [-0.15, -0.1) is 0 Å². The standard InChI is InChI=1S/C34H33N3O10/c1-43-24-12-10-19(8-9-20-17-26(44-2)31(46-4)27(18-20)45-3)16-25(24)47-29(39)14-15-35-22-7-5-6-21-30(22)34(42)37(33(21)41)23-11-13-28(38)36-32(23)40/h5-10,12,16-18,23,35H,11,13-15H2,1-4H3,(H,36,38,40)/b9-8-. The van der Waals surface area contributed by atoms with Crippen molar-refractivity contribution in [3.8, 4) is 28.7 Å². The molecule has 1 saturated heterocycles. The van der Waals surface area contributed by atoms with E-state index in [2.05, 4.69) is 10.6 Å². The van der Waals surface area contributed by atoms with Crippen LogP contribution in [0.25, 0.3) is 12.2 Å². The summed E-state index contributed by atoms with van der Waals surface area (Å²) in [7, 11) is 6.07. The molecule has 3 aromatic rings. The van der Waals surface area contributed by atoms with Crippen molar-refractivity contribution < 1.29 is 47.7 Å². The number of amides is 4. The van der Waals surface area contributed by atoms with E-state index < -0.39 is 35.6 Å². The molecule has 0 spiro atoms. The number of carbonyl (C=O) groups is 5. The zero-order chi connectivity index (χ0) is 33.7. The molecule has 2 N–H and O–H groups in total. The summed E-state index contributed by atoms with van der Waals surface area (Å²) in [4.78, 5) is 64.1. The summed E-state index contributed by atoms with van der Waals surface area (Å²) in [5.74, 6) is -0.911. The minimum atomic E-state index is -1.08. The molecule has 13 heteroatoms. The number of methoxy groups -OCH3 is 4. The minimum Gasteiger partial charge on any atom is -0.493 e. The van der Waals surface area contributed by atoms with E-state index >= 15 is 0 Å². The van der Waals surface area contributed by atoms with E-state index in [9.17, 15) is 24.0 Å². The molecule has 1 atom stereocenters. The lowest BCUT2D eigenvalue weighted by Gasteiger charge is -2.27. The molecule has 2 aliphatic heterocycles. The Hall–Kier alpha value is -5.85. The molecule has 13 nitrogen and oxygen atoms in total. The van der Waals surface area contributed by atoms with Crippen molar-refractivity contribution in [3.63, 3.8) is 0 Å². The Bertz CT molecular complexity index is 1760. The quantitative estimate of drug-likeness (QED) is 0.128. The smallest absolute Gasteiger partial charge is 0.313 e. The highest BCUT2D eigenvalue weighted by Gasteiger charge is 2.45. The van der Waals surface area contributed by atoms with E-state index in [1.165, 1.54) is 34.5 Å². The van der Waals surface area contributed by atoms with Crippen LogP contribution in [0.5, 0.6) is 28.7 Å². The third kappa shape index (κ3) is 6.73. The van der Waals surface area contributed by atoms with E-state index in [4.69, 9.17) is 23.7 Å². The maximum Gasteiger partial charge on any atom is 0.313 e. The van der Waals surface area contributed by atoms with Crippen LogP contribution in [0.4, 0.5) is 5.69 Å². The van der Waals surface area contributed by atoms with Gasteiger partial charge in [0.15, 0.2) is 23.0 Å². The Morgan fingerprint density at radius 2 is 1.53 bits per heavy atom. The molecule has 47 heavy (non-hydrogen) atoms. The second-order valence-electron chi connectivity index (χ2n) is 10.5. The number of rotatable bonds is 12. The third-order valence-electron chi connectivity index (χ3n) is 7.68. The van der Waals surface area contributed by atoms with Gasteiger partial charge in [0.1, 0.15) is 6.04 Å². The molecular formula is C34H33N3O10. The van der Waals surface area contributed by atoms with Crippen LogP contribution < -0.4 is 34.3 Å². The van der Waals surface area contributed by atoms with Gasteiger partial charge in [0.2, 0.25) is 17.6 Å². The molecule has 2 aliphatic rings. The predicted octanol–water partition coefficient (Wildman–Crippen LogP) is 3.70. The van der Waals surface area contributed by atoms with E-state index in [0.717, 1.165) is 16.0 Å². The monoisotopic (exact) mass is 643 g/mol. The zero-order valence-corrected chi connectivity index (χ0v) is 26.2. The summed E-state index contributed by atoms with van der Waals surface area (Å²) >= 11 is 0. The first-order valence-electron chi connectivity index (χ1n) is 14.6. The van der Waals surface area contributed by atoms with Crippen molar-refractivity contribution in [1.29, 1.82) is 0 Å². The molecule has 5 rings (SSSR count). The van der Waals surface area contributed by atoms with Gasteiger partial charge in [0, 0.05) is 18.7 Å². The second-order valence-corrected chi connectivity index (χ2v) is 10.5. The summed E-state index contributed by atoms with van der Waals surface area (Å²) in [6.07, 6.45) is 3.65. The predicted molar refractivity (Wildman–Crippen MR) is 170 cm³/mol. The number of benzene rings is 3. The van der Waals surface area contributed by atoms with Crippen LogP contribution in [-0.4, -0.2) is 75.5 Å². The lowest BCUT2D eigenvalue weighted by atomic mass is 10.0. The molecule has 1 unspecified atom stereocenters. The highest BCUT2D eigenvalue weighted by Crippen LogP contribution is 2.39. The summed E-state index contributed by atoms with van der Waals surface area (Å²) in [5.41, 5.74) is 2.08. The Labute approximate surface area is 270 Å². The summed E-state index contributed by atoms with van der Waals surface area (Å²) in [6, 6.07) is 12.4. The Kier molecular flexibility index (Phi) is 9.74. The molecule has 3 aromatic carbocycles. The van der Waals surface area contributed by atoms with Crippen molar-refractivity contribution in [3.05, 3.63) is 70.8 Å². The van der Waals surface area contributed by atoms with E-state index in [0.29, 0.717) is 28.7 Å². The molecule has 0 bridgehead atoms. The number of esters is 1. The number of hydrogen-bond acceptors (Lipinski definition) is 11. The Morgan fingerprint density at radius 1 is 0.851 bits per heavy atom. The SMILES string of the molecule is COc1ccc(/C=C\c2cc(OC)c(OC)c(OC)c2)cc1OC(=O)CCNc1cccc2c1C(=O)N(C1CCC(=O)NC1=O)C2=O. The minimum absolute atomic E-state index is 0.0220. The van der Waals surface area contributed by atoms with Gasteiger partial charge in [-0.05, 0) is 53.9 Å². The van der Waals surface area contributed by atoms with E-state index in [-0.39, 0.29) is 42.7 Å². The van der Waals surface area contributed by atoms with Crippen LogP contribution in [0.1, 0.15) is 51.1 Å². The fourth-order valence-electron chi connectivity index (χ4n) is 5.40. The molecule has 1 fully saturated rings. The lowest BCUT2D eigenvalue weighted by Crippen LogP contribution is -2.54. The zero-order valence-electron chi connectivity index (χ0n) is 26.2. The number of nitrogens with zero attached hydrogens (tertiary/aromatic N) is 1. The van der Waals surface area contributed by atoms with Crippen molar-refractivity contribution in [1.82, 2.24) is 10.2 Å². The molecule has 244 valence electrons. The van der Waals surface area contributed by atoms with Crippen LogP contribution in [0.2, 0.25) is 0 Å². The van der Waals surface area contributed by atoms with Crippen LogP contribution in [0.3, 0.4) is 0 Å². The number of anilines is 1. The van der Waals surface area contributed by atoms with Crippen LogP contribution >= 0.6 is 0 Å². The number of carbonyl (C=O) groups excluding carboxylic acids is 5. The molecule has 0 aromatic heterocycles. The number of hydrogen-bond donors (Lipinski definition) is 2. The van der Waals surface area contributed by atoms with Gasteiger partial charge in [0.05, 0.1) is 46.0 Å². The number of nitrogens with one attached hydrogen (secondary N) is 2. The van der Waals surface area contributed by atoms with Gasteiger partial charge >= 0.3 is 5.97 Å². The first-order chi connectivity index (χ1) is 22.7. The second kappa shape index (κ2) is 14.1. The molecular weight excluding hydrogens is 610 g/mol. The lowest BCUT2D eigenvalue weighted by molar-refractivity contribution is -0.136. The van der Waals surface area contributed by atoms with Gasteiger partial charge in [-0.3, -0.25) is 34.2 Å². The topological polar surface area (TPSA) is 159 Å². The molecule has 0 radical (unpaired) electrons. The third-order valence-corrected chi connectivity index (χ3v) is 7.68. The average molecular weight is 644 g/mol. The molecule has 0 aliphatic carbocycles. The maximum absolute atomic E-state index is 13.3. The fraction of sp³-hybridized carbons (Fsp3) is 0.265. The first kappa shape index (κ1) is 32.5. The number of fused-ring (bicyclic) bond motifs is 1. The van der Waals surface area contributed by atoms with E-state index in [1.807, 2.05) is 12.2 Å². The van der Waals surface area contributed by atoms with E-state index in [1.54, 1.807) is 42.5 Å². The van der Waals surface area contributed by atoms with Gasteiger partial charge < -0.3 is 29.0 Å².